The summed E-state index contributed by atoms with van der Waals surface area (Å²) in [5.74, 6) is -0.740. The third-order valence-electron chi connectivity index (χ3n) is 1.70. The Hall–Kier alpha value is -0.770. The van der Waals surface area contributed by atoms with Crippen LogP contribution in [0.5, 0.6) is 0 Å². The van der Waals surface area contributed by atoms with Crippen LogP contribution in [0.1, 0.15) is 20.7 Å². The van der Waals surface area contributed by atoms with Gasteiger partial charge in [-0.05, 0) is 6.07 Å². The van der Waals surface area contributed by atoms with Crippen molar-refractivity contribution < 1.29 is 14.3 Å². The highest BCUT2D eigenvalue weighted by Gasteiger charge is 2.21. The van der Waals surface area contributed by atoms with E-state index >= 15 is 0 Å². The number of hydrogen-bond donors (Lipinski definition) is 0. The van der Waals surface area contributed by atoms with E-state index in [2.05, 4.69) is 4.74 Å². The minimum absolute atomic E-state index is 0.0286. The molecular weight excluding hydrogens is 262 g/mol. The lowest BCUT2D eigenvalue weighted by atomic mass is 10.1. The summed E-state index contributed by atoms with van der Waals surface area (Å²) in [5.41, 5.74) is -0.0121. The van der Waals surface area contributed by atoms with Gasteiger partial charge in [-0.15, -0.1) is 0 Å². The highest BCUT2D eigenvalue weighted by Crippen LogP contribution is 2.34. The maximum absolute atomic E-state index is 11.3. The number of hydrogen-bond acceptors (Lipinski definition) is 3. The topological polar surface area (TPSA) is 43.4 Å². The molecule has 0 aromatic heterocycles. The molecular formula is C9H5Cl3O3. The predicted molar refractivity (Wildman–Crippen MR) is 58.2 cm³/mol. The average molecular weight is 267 g/mol. The van der Waals surface area contributed by atoms with Crippen LogP contribution in [0.4, 0.5) is 0 Å². The van der Waals surface area contributed by atoms with E-state index in [-0.39, 0.29) is 26.2 Å². The van der Waals surface area contributed by atoms with E-state index in [1.807, 2.05) is 0 Å². The molecule has 1 rings (SSSR count). The Labute approximate surface area is 101 Å². The third kappa shape index (κ3) is 2.25. The molecule has 0 saturated carbocycles. The SMILES string of the molecule is COC(=O)c1c(Cl)c(Cl)cc(C=O)c1Cl. The van der Waals surface area contributed by atoms with Crippen LogP contribution in [0.15, 0.2) is 6.07 Å². The number of rotatable bonds is 2. The van der Waals surface area contributed by atoms with Crippen LogP contribution in [-0.4, -0.2) is 19.4 Å². The Morgan fingerprint density at radius 3 is 2.40 bits per heavy atom. The highest BCUT2D eigenvalue weighted by atomic mass is 35.5. The Morgan fingerprint density at radius 2 is 1.93 bits per heavy atom. The zero-order valence-electron chi connectivity index (χ0n) is 7.51. The van der Waals surface area contributed by atoms with Crippen molar-refractivity contribution in [3.63, 3.8) is 0 Å². The maximum atomic E-state index is 11.3. The standard InChI is InChI=1S/C9H5Cl3O3/c1-15-9(14)6-7(11)4(3-13)2-5(10)8(6)12/h2-3H,1H3. The van der Waals surface area contributed by atoms with Crippen LogP contribution in [0.2, 0.25) is 15.1 Å². The van der Waals surface area contributed by atoms with Crippen LogP contribution in [0.25, 0.3) is 0 Å². The number of esters is 1. The number of aldehydes is 1. The molecule has 0 aliphatic carbocycles. The molecule has 3 nitrogen and oxygen atoms in total. The fourth-order valence-electron chi connectivity index (χ4n) is 0.990. The van der Waals surface area contributed by atoms with Gasteiger partial charge in [-0.25, -0.2) is 4.79 Å². The van der Waals surface area contributed by atoms with Crippen LogP contribution >= 0.6 is 34.8 Å². The van der Waals surface area contributed by atoms with Crippen molar-refractivity contribution in [1.82, 2.24) is 0 Å². The van der Waals surface area contributed by atoms with Gasteiger partial charge in [0.2, 0.25) is 0 Å². The first-order valence-electron chi connectivity index (χ1n) is 3.74. The normalized spacial score (nSPS) is 9.87. The molecule has 0 saturated heterocycles. The summed E-state index contributed by atoms with van der Waals surface area (Å²) >= 11 is 17.3. The number of methoxy groups -OCH3 is 1. The lowest BCUT2D eigenvalue weighted by molar-refractivity contribution is 0.0601. The van der Waals surface area contributed by atoms with E-state index in [1.165, 1.54) is 13.2 Å². The van der Waals surface area contributed by atoms with Gasteiger partial charge in [-0.3, -0.25) is 4.79 Å². The van der Waals surface area contributed by atoms with Crippen molar-refractivity contribution >= 4 is 47.1 Å². The molecule has 0 N–H and O–H groups in total. The average Bonchev–Trinajstić information content (AvgIpc) is 2.23. The molecule has 0 aliphatic rings. The minimum Gasteiger partial charge on any atom is -0.465 e. The Balaban J connectivity index is 3.54. The summed E-state index contributed by atoms with van der Waals surface area (Å²) in [6.07, 6.45) is 0.483. The molecule has 0 fully saturated rings. The van der Waals surface area contributed by atoms with Gasteiger partial charge < -0.3 is 4.74 Å². The maximum Gasteiger partial charge on any atom is 0.340 e. The van der Waals surface area contributed by atoms with Crippen molar-refractivity contribution in [3.05, 3.63) is 32.3 Å². The van der Waals surface area contributed by atoms with E-state index in [0.717, 1.165) is 0 Å². The second-order valence-corrected chi connectivity index (χ2v) is 3.72. The quantitative estimate of drug-likeness (QED) is 0.469. The highest BCUT2D eigenvalue weighted by molar-refractivity contribution is 6.46. The van der Waals surface area contributed by atoms with Gasteiger partial charge in [-0.2, -0.15) is 0 Å². The van der Waals surface area contributed by atoms with Crippen molar-refractivity contribution in [1.29, 1.82) is 0 Å². The first-order valence-corrected chi connectivity index (χ1v) is 4.87. The van der Waals surface area contributed by atoms with Crippen LogP contribution in [0, 0.1) is 0 Å². The van der Waals surface area contributed by atoms with Crippen LogP contribution in [-0.2, 0) is 4.74 Å². The molecule has 0 amide bonds. The van der Waals surface area contributed by atoms with E-state index in [0.29, 0.717) is 6.29 Å². The van der Waals surface area contributed by atoms with Gasteiger partial charge in [0.25, 0.3) is 0 Å². The molecule has 0 aliphatic heterocycles. The molecule has 6 heteroatoms. The molecule has 0 atom stereocenters. The molecule has 15 heavy (non-hydrogen) atoms. The fraction of sp³-hybridized carbons (Fsp3) is 0.111. The largest absolute Gasteiger partial charge is 0.465 e. The van der Waals surface area contributed by atoms with Gasteiger partial charge in [0.1, 0.15) is 0 Å². The molecule has 1 aromatic carbocycles. The van der Waals surface area contributed by atoms with Gasteiger partial charge in [0.15, 0.2) is 6.29 Å². The van der Waals surface area contributed by atoms with Gasteiger partial charge >= 0.3 is 5.97 Å². The summed E-state index contributed by atoms with van der Waals surface area (Å²) in [4.78, 5) is 21.9. The number of halogens is 3. The van der Waals surface area contributed by atoms with E-state index in [1.54, 1.807) is 0 Å². The number of carbonyl (C=O) groups excluding carboxylic acids is 2. The van der Waals surface area contributed by atoms with Crippen molar-refractivity contribution in [2.45, 2.75) is 0 Å². The van der Waals surface area contributed by atoms with Crippen LogP contribution < -0.4 is 0 Å². The fourth-order valence-corrected chi connectivity index (χ4v) is 1.75. The summed E-state index contributed by atoms with van der Waals surface area (Å²) in [6, 6.07) is 1.28. The first-order chi connectivity index (χ1) is 7.02. The predicted octanol–water partition coefficient (Wildman–Crippen LogP) is 3.25. The lowest BCUT2D eigenvalue weighted by Gasteiger charge is -2.08. The second kappa shape index (κ2) is 4.84. The molecule has 0 radical (unpaired) electrons. The van der Waals surface area contributed by atoms with Gasteiger partial charge in [0, 0.05) is 5.56 Å². The van der Waals surface area contributed by atoms with Crippen LogP contribution in [0.3, 0.4) is 0 Å². The minimum atomic E-state index is -0.740. The number of benzene rings is 1. The molecule has 80 valence electrons. The summed E-state index contributed by atoms with van der Waals surface area (Å²) in [6.45, 7) is 0. The van der Waals surface area contributed by atoms with Crippen molar-refractivity contribution in [2.75, 3.05) is 7.11 Å². The third-order valence-corrected chi connectivity index (χ3v) is 2.90. The lowest BCUT2D eigenvalue weighted by Crippen LogP contribution is -2.05. The molecule has 0 heterocycles. The zero-order chi connectivity index (χ0) is 11.6. The molecule has 0 unspecified atom stereocenters. The first kappa shape index (κ1) is 12.3. The number of carbonyl (C=O) groups is 2. The number of ether oxygens (including phenoxy) is 1. The molecule has 0 bridgehead atoms. The van der Waals surface area contributed by atoms with E-state index in [9.17, 15) is 9.59 Å². The Morgan fingerprint density at radius 1 is 1.33 bits per heavy atom. The smallest absolute Gasteiger partial charge is 0.340 e. The summed E-state index contributed by atoms with van der Waals surface area (Å²) < 4.78 is 4.47. The molecule has 0 spiro atoms. The monoisotopic (exact) mass is 266 g/mol. The Bertz CT molecular complexity index is 429. The summed E-state index contributed by atoms with van der Waals surface area (Å²) in [5, 5.41) is -0.0195. The molecule has 1 aromatic rings. The van der Waals surface area contributed by atoms with Crippen molar-refractivity contribution in [3.8, 4) is 0 Å². The van der Waals surface area contributed by atoms with E-state index < -0.39 is 5.97 Å². The zero-order valence-corrected chi connectivity index (χ0v) is 9.78. The van der Waals surface area contributed by atoms with E-state index in [4.69, 9.17) is 34.8 Å². The Kier molecular flexibility index (Phi) is 3.97. The van der Waals surface area contributed by atoms with Crippen molar-refractivity contribution in [2.24, 2.45) is 0 Å². The summed E-state index contributed by atoms with van der Waals surface area (Å²) in [7, 11) is 1.18. The second-order valence-electron chi connectivity index (χ2n) is 2.56. The van der Waals surface area contributed by atoms with Gasteiger partial charge in [-0.1, -0.05) is 34.8 Å². The van der Waals surface area contributed by atoms with Gasteiger partial charge in [0.05, 0.1) is 27.7 Å².